The Morgan fingerprint density at radius 3 is 1.80 bits per heavy atom. The Labute approximate surface area is 95.6 Å². The molecule has 15 heavy (non-hydrogen) atoms. The van der Waals surface area contributed by atoms with E-state index in [4.69, 9.17) is 5.73 Å². The summed E-state index contributed by atoms with van der Waals surface area (Å²) in [7, 11) is 0. The van der Waals surface area contributed by atoms with Crippen LogP contribution in [0.2, 0.25) is 0 Å². The summed E-state index contributed by atoms with van der Waals surface area (Å²) in [6, 6.07) is 0. The second kappa shape index (κ2) is 7.20. The highest BCUT2D eigenvalue weighted by molar-refractivity contribution is 4.82. The van der Waals surface area contributed by atoms with Gasteiger partial charge in [-0.15, -0.1) is 0 Å². The van der Waals surface area contributed by atoms with E-state index in [9.17, 15) is 0 Å². The molecule has 92 valence electrons. The molecule has 0 atom stereocenters. The van der Waals surface area contributed by atoms with Gasteiger partial charge in [-0.25, -0.2) is 0 Å². The molecule has 2 N–H and O–H groups in total. The molecule has 0 unspecified atom stereocenters. The highest BCUT2D eigenvalue weighted by Gasteiger charge is 2.23. The molecule has 3 nitrogen and oxygen atoms in total. The summed E-state index contributed by atoms with van der Waals surface area (Å²) in [5.41, 5.74) is 5.93. The van der Waals surface area contributed by atoms with Crippen molar-refractivity contribution in [3.05, 3.63) is 0 Å². The quantitative estimate of drug-likeness (QED) is 0.664. The smallest absolute Gasteiger partial charge is 0.0275 e. The Morgan fingerprint density at radius 2 is 1.47 bits per heavy atom. The van der Waals surface area contributed by atoms with Crippen LogP contribution in [0, 0.1) is 0 Å². The lowest BCUT2D eigenvalue weighted by Crippen LogP contribution is -2.51. The maximum atomic E-state index is 5.80. The monoisotopic (exact) mass is 215 g/mol. The van der Waals surface area contributed by atoms with Gasteiger partial charge in [-0.05, 0) is 33.5 Å². The Morgan fingerprint density at radius 1 is 0.933 bits per heavy atom. The van der Waals surface area contributed by atoms with Crippen molar-refractivity contribution in [2.45, 2.75) is 40.2 Å². The predicted octanol–water partition coefficient (Wildman–Crippen LogP) is 1.39. The predicted molar refractivity (Wildman–Crippen MR) is 68.2 cm³/mol. The number of likely N-dealkylation sites (N-methyl/N-ethyl adjacent to an activating group) is 2. The standard InChI is InChI=1S/C12H29N3/c1-6-14(7-2)9-10-15(8-3)12(4,5)11-13/h6-11,13H2,1-5H3. The van der Waals surface area contributed by atoms with Crippen LogP contribution >= 0.6 is 0 Å². The highest BCUT2D eigenvalue weighted by Crippen LogP contribution is 2.11. The van der Waals surface area contributed by atoms with E-state index in [1.165, 1.54) is 0 Å². The Hall–Kier alpha value is -0.120. The Kier molecular flexibility index (Phi) is 7.14. The van der Waals surface area contributed by atoms with E-state index in [2.05, 4.69) is 44.4 Å². The van der Waals surface area contributed by atoms with E-state index in [1.54, 1.807) is 0 Å². The molecule has 0 radical (unpaired) electrons. The molecular weight excluding hydrogens is 186 g/mol. The van der Waals surface area contributed by atoms with Gasteiger partial charge in [0.1, 0.15) is 0 Å². The fourth-order valence-corrected chi connectivity index (χ4v) is 1.82. The highest BCUT2D eigenvalue weighted by atomic mass is 15.2. The Bertz CT molecular complexity index is 153. The molecule has 0 aliphatic carbocycles. The van der Waals surface area contributed by atoms with Crippen molar-refractivity contribution in [2.75, 3.05) is 39.3 Å². The summed E-state index contributed by atoms with van der Waals surface area (Å²) in [4.78, 5) is 4.92. The molecule has 3 heteroatoms. The first kappa shape index (κ1) is 14.9. The van der Waals surface area contributed by atoms with E-state index in [0.717, 1.165) is 39.3 Å². The second-order valence-electron chi connectivity index (χ2n) is 4.62. The average molecular weight is 215 g/mol. The molecule has 0 saturated heterocycles. The molecule has 0 aliphatic rings. The zero-order chi connectivity index (χ0) is 11.9. The first-order chi connectivity index (χ1) is 7.01. The topological polar surface area (TPSA) is 32.5 Å². The zero-order valence-electron chi connectivity index (χ0n) is 11.2. The van der Waals surface area contributed by atoms with Crippen molar-refractivity contribution in [3.8, 4) is 0 Å². The lowest BCUT2D eigenvalue weighted by molar-refractivity contribution is 0.116. The van der Waals surface area contributed by atoms with E-state index in [-0.39, 0.29) is 5.54 Å². The van der Waals surface area contributed by atoms with Crippen molar-refractivity contribution >= 4 is 0 Å². The summed E-state index contributed by atoms with van der Waals surface area (Å²) >= 11 is 0. The number of hydrogen-bond acceptors (Lipinski definition) is 3. The van der Waals surface area contributed by atoms with Crippen molar-refractivity contribution in [1.29, 1.82) is 0 Å². The van der Waals surface area contributed by atoms with Gasteiger partial charge in [0.25, 0.3) is 0 Å². The number of rotatable bonds is 8. The molecule has 0 fully saturated rings. The summed E-state index contributed by atoms with van der Waals surface area (Å²) in [6.45, 7) is 17.4. The van der Waals surface area contributed by atoms with Gasteiger partial charge in [0.05, 0.1) is 0 Å². The van der Waals surface area contributed by atoms with E-state index < -0.39 is 0 Å². The van der Waals surface area contributed by atoms with Crippen molar-refractivity contribution < 1.29 is 0 Å². The lowest BCUT2D eigenvalue weighted by atomic mass is 10.0. The van der Waals surface area contributed by atoms with Crippen LogP contribution in [0.25, 0.3) is 0 Å². The first-order valence-electron chi connectivity index (χ1n) is 6.19. The molecule has 0 amide bonds. The van der Waals surface area contributed by atoms with E-state index in [0.29, 0.717) is 0 Å². The van der Waals surface area contributed by atoms with Gasteiger partial charge in [-0.1, -0.05) is 20.8 Å². The number of hydrogen-bond donors (Lipinski definition) is 1. The van der Waals surface area contributed by atoms with Crippen molar-refractivity contribution in [2.24, 2.45) is 5.73 Å². The maximum Gasteiger partial charge on any atom is 0.0275 e. The maximum absolute atomic E-state index is 5.80. The molecular formula is C12H29N3. The minimum Gasteiger partial charge on any atom is -0.329 e. The molecule has 0 bridgehead atoms. The normalized spacial score (nSPS) is 12.8. The van der Waals surface area contributed by atoms with Crippen LogP contribution in [0.4, 0.5) is 0 Å². The third kappa shape index (κ3) is 4.96. The number of nitrogens with zero attached hydrogens (tertiary/aromatic N) is 2. The SMILES string of the molecule is CCN(CC)CCN(CC)C(C)(C)CN. The Balaban J connectivity index is 4.10. The van der Waals surface area contributed by atoms with Crippen LogP contribution in [0.1, 0.15) is 34.6 Å². The summed E-state index contributed by atoms with van der Waals surface area (Å²) in [5, 5.41) is 0. The van der Waals surface area contributed by atoms with Gasteiger partial charge in [0.2, 0.25) is 0 Å². The molecule has 0 aromatic rings. The van der Waals surface area contributed by atoms with E-state index in [1.807, 2.05) is 0 Å². The van der Waals surface area contributed by atoms with Crippen molar-refractivity contribution in [1.82, 2.24) is 9.80 Å². The van der Waals surface area contributed by atoms with Crippen LogP contribution in [-0.4, -0.2) is 54.6 Å². The third-order valence-electron chi connectivity index (χ3n) is 3.32. The summed E-state index contributed by atoms with van der Waals surface area (Å²) < 4.78 is 0. The molecule has 0 rings (SSSR count). The van der Waals surface area contributed by atoms with Crippen LogP contribution in [0.5, 0.6) is 0 Å². The largest absolute Gasteiger partial charge is 0.329 e. The number of nitrogens with two attached hydrogens (primary N) is 1. The average Bonchev–Trinajstić information content (AvgIpc) is 2.24. The van der Waals surface area contributed by atoms with Crippen LogP contribution in [0.3, 0.4) is 0 Å². The van der Waals surface area contributed by atoms with Crippen LogP contribution in [-0.2, 0) is 0 Å². The molecule has 0 aromatic carbocycles. The minimum absolute atomic E-state index is 0.127. The van der Waals surface area contributed by atoms with Crippen molar-refractivity contribution in [3.63, 3.8) is 0 Å². The minimum atomic E-state index is 0.127. The second-order valence-corrected chi connectivity index (χ2v) is 4.62. The molecule has 0 aliphatic heterocycles. The molecule has 0 spiro atoms. The molecule has 0 heterocycles. The fourth-order valence-electron chi connectivity index (χ4n) is 1.82. The van der Waals surface area contributed by atoms with Gasteiger partial charge in [-0.2, -0.15) is 0 Å². The van der Waals surface area contributed by atoms with Gasteiger partial charge in [-0.3, -0.25) is 4.90 Å². The zero-order valence-corrected chi connectivity index (χ0v) is 11.2. The van der Waals surface area contributed by atoms with Gasteiger partial charge in [0.15, 0.2) is 0 Å². The van der Waals surface area contributed by atoms with Crippen LogP contribution in [0.15, 0.2) is 0 Å². The van der Waals surface area contributed by atoms with E-state index >= 15 is 0 Å². The molecule has 0 aromatic heterocycles. The third-order valence-corrected chi connectivity index (χ3v) is 3.32. The van der Waals surface area contributed by atoms with Gasteiger partial charge >= 0.3 is 0 Å². The summed E-state index contributed by atoms with van der Waals surface area (Å²) in [6.07, 6.45) is 0. The van der Waals surface area contributed by atoms with Crippen LogP contribution < -0.4 is 5.73 Å². The summed E-state index contributed by atoms with van der Waals surface area (Å²) in [5.74, 6) is 0. The molecule has 0 saturated carbocycles. The van der Waals surface area contributed by atoms with Gasteiger partial charge < -0.3 is 10.6 Å². The lowest BCUT2D eigenvalue weighted by Gasteiger charge is -2.38. The fraction of sp³-hybridized carbons (Fsp3) is 1.00. The first-order valence-corrected chi connectivity index (χ1v) is 6.19. The van der Waals surface area contributed by atoms with Gasteiger partial charge in [0, 0.05) is 25.2 Å².